The van der Waals surface area contributed by atoms with Crippen LogP contribution in [-0.2, 0) is 21.5 Å². The van der Waals surface area contributed by atoms with Gasteiger partial charge in [0.2, 0.25) is 5.91 Å². The van der Waals surface area contributed by atoms with Gasteiger partial charge in [0.1, 0.15) is 18.2 Å². The zero-order valence-electron chi connectivity index (χ0n) is 18.8. The van der Waals surface area contributed by atoms with Gasteiger partial charge in [-0.1, -0.05) is 30.7 Å². The summed E-state index contributed by atoms with van der Waals surface area (Å²) in [5.74, 6) is 0.480. The Labute approximate surface area is 189 Å². The lowest BCUT2D eigenvalue weighted by Crippen LogP contribution is -2.49. The van der Waals surface area contributed by atoms with E-state index in [1.165, 1.54) is 12.1 Å². The van der Waals surface area contributed by atoms with Crippen LogP contribution < -0.4 is 10.1 Å². The van der Waals surface area contributed by atoms with E-state index < -0.39 is 5.41 Å². The second-order valence-corrected chi connectivity index (χ2v) is 8.95. The van der Waals surface area contributed by atoms with Gasteiger partial charge in [-0.15, -0.1) is 0 Å². The van der Waals surface area contributed by atoms with Gasteiger partial charge in [-0.3, -0.25) is 9.69 Å². The summed E-state index contributed by atoms with van der Waals surface area (Å²) < 4.78 is 25.1. The molecule has 0 unspecified atom stereocenters. The molecule has 1 saturated carbocycles. The maximum Gasteiger partial charge on any atom is 0.230 e. The normalized spacial score (nSPS) is 18.2. The Balaban J connectivity index is 1.28. The van der Waals surface area contributed by atoms with E-state index >= 15 is 0 Å². The third kappa shape index (κ3) is 5.30. The third-order valence-corrected chi connectivity index (χ3v) is 6.90. The second-order valence-electron chi connectivity index (χ2n) is 8.95. The Bertz CT molecular complexity index is 909. The van der Waals surface area contributed by atoms with Crippen LogP contribution in [0.4, 0.5) is 4.39 Å². The van der Waals surface area contributed by atoms with E-state index in [-0.39, 0.29) is 11.7 Å². The van der Waals surface area contributed by atoms with Crippen molar-refractivity contribution >= 4 is 5.91 Å². The van der Waals surface area contributed by atoms with Crippen molar-refractivity contribution in [3.05, 3.63) is 65.5 Å². The fraction of sp³-hybridized carbons (Fsp3) is 0.500. The molecule has 0 spiro atoms. The summed E-state index contributed by atoms with van der Waals surface area (Å²) in [6.07, 6.45) is 4.64. The van der Waals surface area contributed by atoms with Crippen molar-refractivity contribution in [1.82, 2.24) is 10.2 Å². The van der Waals surface area contributed by atoms with Gasteiger partial charge in [0.15, 0.2) is 0 Å². The van der Waals surface area contributed by atoms with Crippen molar-refractivity contribution in [3.8, 4) is 5.75 Å². The molecule has 2 aliphatic rings. The lowest BCUT2D eigenvalue weighted by atomic mass is 9.64. The number of hydrogen-bond donors (Lipinski definition) is 1. The van der Waals surface area contributed by atoms with E-state index in [0.29, 0.717) is 19.2 Å². The standard InChI is InChI=1S/C26H33FN2O3/c1-29(23-9-14-31-15-10-23)13-16-32-24-8-2-5-20(17-24)19-28-25(30)26(11-4-12-26)21-6-3-7-22(27)18-21/h2-3,5-8,17-18,23H,4,9-16,19H2,1H3,(H,28,30). The molecule has 32 heavy (non-hydrogen) atoms. The van der Waals surface area contributed by atoms with E-state index in [1.807, 2.05) is 30.3 Å². The molecule has 1 heterocycles. The minimum Gasteiger partial charge on any atom is -0.492 e. The van der Waals surface area contributed by atoms with E-state index in [0.717, 1.165) is 68.7 Å². The molecule has 2 fully saturated rings. The number of carbonyl (C=O) groups is 1. The topological polar surface area (TPSA) is 50.8 Å². The van der Waals surface area contributed by atoms with Gasteiger partial charge in [0, 0.05) is 32.3 Å². The molecule has 5 nitrogen and oxygen atoms in total. The molecule has 0 aromatic heterocycles. The fourth-order valence-corrected chi connectivity index (χ4v) is 4.68. The molecule has 172 valence electrons. The molecule has 1 saturated heterocycles. The first kappa shape index (κ1) is 22.7. The average Bonchev–Trinajstić information content (AvgIpc) is 2.78. The Hall–Kier alpha value is -2.44. The molecule has 6 heteroatoms. The van der Waals surface area contributed by atoms with Crippen LogP contribution in [0.5, 0.6) is 5.75 Å². The number of hydrogen-bond acceptors (Lipinski definition) is 4. The van der Waals surface area contributed by atoms with Crippen molar-refractivity contribution < 1.29 is 18.7 Å². The highest BCUT2D eigenvalue weighted by Crippen LogP contribution is 2.44. The van der Waals surface area contributed by atoms with Crippen LogP contribution in [0.1, 0.15) is 43.2 Å². The molecule has 1 aliphatic heterocycles. The number of benzene rings is 2. The van der Waals surface area contributed by atoms with Crippen molar-refractivity contribution in [2.24, 2.45) is 0 Å². The molecular weight excluding hydrogens is 407 g/mol. The Morgan fingerprint density at radius 3 is 2.69 bits per heavy atom. The Morgan fingerprint density at radius 1 is 1.19 bits per heavy atom. The quantitative estimate of drug-likeness (QED) is 0.639. The number of nitrogens with one attached hydrogen (secondary N) is 1. The minimum absolute atomic E-state index is 0.0289. The summed E-state index contributed by atoms with van der Waals surface area (Å²) in [6.45, 7) is 3.58. The number of nitrogens with zero attached hydrogens (tertiary/aromatic N) is 1. The highest BCUT2D eigenvalue weighted by molar-refractivity contribution is 5.89. The first-order valence-electron chi connectivity index (χ1n) is 11.6. The van der Waals surface area contributed by atoms with Gasteiger partial charge in [-0.05, 0) is 68.1 Å². The number of amides is 1. The SMILES string of the molecule is CN(CCOc1cccc(CNC(=O)C2(c3cccc(F)c3)CCC2)c1)C1CCOCC1. The molecular formula is C26H33FN2O3. The van der Waals surface area contributed by atoms with Crippen LogP contribution in [-0.4, -0.2) is 50.3 Å². The van der Waals surface area contributed by atoms with Gasteiger partial charge in [0.25, 0.3) is 0 Å². The first-order chi connectivity index (χ1) is 15.6. The zero-order chi connectivity index (χ0) is 22.4. The van der Waals surface area contributed by atoms with Crippen LogP contribution in [0.3, 0.4) is 0 Å². The Morgan fingerprint density at radius 2 is 1.97 bits per heavy atom. The number of carbonyl (C=O) groups excluding carboxylic acids is 1. The van der Waals surface area contributed by atoms with E-state index in [2.05, 4.69) is 17.3 Å². The lowest BCUT2D eigenvalue weighted by molar-refractivity contribution is -0.130. The lowest BCUT2D eigenvalue weighted by Gasteiger charge is -2.40. The van der Waals surface area contributed by atoms with Crippen LogP contribution in [0.15, 0.2) is 48.5 Å². The van der Waals surface area contributed by atoms with Crippen molar-refractivity contribution in [2.45, 2.75) is 50.1 Å². The van der Waals surface area contributed by atoms with Gasteiger partial charge in [-0.2, -0.15) is 0 Å². The summed E-state index contributed by atoms with van der Waals surface area (Å²) in [6, 6.07) is 14.9. The zero-order valence-corrected chi connectivity index (χ0v) is 18.8. The maximum absolute atomic E-state index is 13.7. The molecule has 4 rings (SSSR count). The molecule has 0 radical (unpaired) electrons. The molecule has 1 amide bonds. The van der Waals surface area contributed by atoms with Crippen LogP contribution in [0.25, 0.3) is 0 Å². The van der Waals surface area contributed by atoms with Crippen LogP contribution in [0, 0.1) is 5.82 Å². The van der Waals surface area contributed by atoms with E-state index in [9.17, 15) is 9.18 Å². The van der Waals surface area contributed by atoms with Gasteiger partial charge < -0.3 is 14.8 Å². The highest BCUT2D eigenvalue weighted by Gasteiger charge is 2.45. The van der Waals surface area contributed by atoms with Crippen LogP contribution >= 0.6 is 0 Å². The summed E-state index contributed by atoms with van der Waals surface area (Å²) in [5, 5.41) is 3.07. The summed E-state index contributed by atoms with van der Waals surface area (Å²) in [7, 11) is 2.14. The molecule has 1 aliphatic carbocycles. The minimum atomic E-state index is -0.606. The summed E-state index contributed by atoms with van der Waals surface area (Å²) in [4.78, 5) is 15.4. The molecule has 2 aromatic rings. The number of likely N-dealkylation sites (N-methyl/N-ethyl adjacent to an activating group) is 1. The largest absolute Gasteiger partial charge is 0.492 e. The molecule has 1 N–H and O–H groups in total. The van der Waals surface area contributed by atoms with Crippen LogP contribution in [0.2, 0.25) is 0 Å². The summed E-state index contributed by atoms with van der Waals surface area (Å²) in [5.41, 5.74) is 1.15. The van der Waals surface area contributed by atoms with Gasteiger partial charge >= 0.3 is 0 Å². The van der Waals surface area contributed by atoms with Gasteiger partial charge in [0.05, 0.1) is 5.41 Å². The first-order valence-corrected chi connectivity index (χ1v) is 11.6. The van der Waals surface area contributed by atoms with Crippen molar-refractivity contribution in [3.63, 3.8) is 0 Å². The molecule has 2 aromatic carbocycles. The number of halogens is 1. The fourth-order valence-electron chi connectivity index (χ4n) is 4.68. The summed E-state index contributed by atoms with van der Waals surface area (Å²) >= 11 is 0. The predicted octanol–water partition coefficient (Wildman–Crippen LogP) is 4.05. The smallest absolute Gasteiger partial charge is 0.230 e. The number of rotatable bonds is 9. The van der Waals surface area contributed by atoms with Gasteiger partial charge in [-0.25, -0.2) is 4.39 Å². The molecule has 0 bridgehead atoms. The second kappa shape index (κ2) is 10.5. The molecule has 0 atom stereocenters. The van der Waals surface area contributed by atoms with E-state index in [4.69, 9.17) is 9.47 Å². The Kier molecular flexibility index (Phi) is 7.43. The predicted molar refractivity (Wildman–Crippen MR) is 122 cm³/mol. The number of ether oxygens (including phenoxy) is 2. The van der Waals surface area contributed by atoms with Crippen molar-refractivity contribution in [2.75, 3.05) is 33.4 Å². The van der Waals surface area contributed by atoms with E-state index in [1.54, 1.807) is 6.07 Å². The monoisotopic (exact) mass is 440 g/mol. The maximum atomic E-state index is 13.7. The average molecular weight is 441 g/mol. The van der Waals surface area contributed by atoms with Crippen molar-refractivity contribution in [1.29, 1.82) is 0 Å². The third-order valence-electron chi connectivity index (χ3n) is 6.90. The highest BCUT2D eigenvalue weighted by atomic mass is 19.1.